The van der Waals surface area contributed by atoms with Crippen LogP contribution in [0.5, 0.6) is 0 Å². The molecule has 0 bridgehead atoms. The minimum absolute atomic E-state index is 0.163. The van der Waals surface area contributed by atoms with E-state index in [2.05, 4.69) is 10.9 Å². The minimum Gasteiger partial charge on any atom is -0.267 e. The van der Waals surface area contributed by atoms with Gasteiger partial charge in [0.1, 0.15) is 0 Å². The third-order valence-electron chi connectivity index (χ3n) is 2.55. The summed E-state index contributed by atoms with van der Waals surface area (Å²) in [4.78, 5) is 23.8. The lowest BCUT2D eigenvalue weighted by molar-refractivity contribution is 0.0847. The van der Waals surface area contributed by atoms with Crippen molar-refractivity contribution in [2.75, 3.05) is 0 Å². The number of hydrogen-bond donors (Lipinski definition) is 2. The van der Waals surface area contributed by atoms with Crippen molar-refractivity contribution in [3.63, 3.8) is 0 Å². The summed E-state index contributed by atoms with van der Waals surface area (Å²) in [6.45, 7) is 0. The number of benzene rings is 2. The summed E-state index contributed by atoms with van der Waals surface area (Å²) in [6.07, 6.45) is 0. The molecule has 2 amide bonds. The van der Waals surface area contributed by atoms with Gasteiger partial charge in [0.05, 0.1) is 10.6 Å². The first-order valence-corrected chi connectivity index (χ1v) is 6.92. The molecule has 2 rings (SSSR count). The molecule has 21 heavy (non-hydrogen) atoms. The number of halogens is 3. The summed E-state index contributed by atoms with van der Waals surface area (Å²) in [5.74, 6) is -1.07. The van der Waals surface area contributed by atoms with E-state index in [9.17, 15) is 9.59 Å². The predicted octanol–water partition coefficient (Wildman–Crippen LogP) is 3.72. The van der Waals surface area contributed by atoms with Crippen LogP contribution in [0.25, 0.3) is 0 Å². The maximum Gasteiger partial charge on any atom is 0.271 e. The molecular weight excluding hydrogens is 335 g/mol. The summed E-state index contributed by atoms with van der Waals surface area (Å²) in [7, 11) is 0. The molecule has 0 aliphatic rings. The van der Waals surface area contributed by atoms with E-state index in [1.165, 1.54) is 18.2 Å². The molecule has 0 aliphatic carbocycles. The number of carbonyl (C=O) groups excluding carboxylic acids is 2. The highest BCUT2D eigenvalue weighted by Gasteiger charge is 2.12. The van der Waals surface area contributed by atoms with Crippen molar-refractivity contribution < 1.29 is 9.59 Å². The number of hydrazine groups is 1. The van der Waals surface area contributed by atoms with E-state index in [4.69, 9.17) is 34.8 Å². The van der Waals surface area contributed by atoms with Crippen molar-refractivity contribution in [3.05, 3.63) is 68.7 Å². The fourth-order valence-electron chi connectivity index (χ4n) is 1.55. The van der Waals surface area contributed by atoms with Crippen LogP contribution in [0.4, 0.5) is 0 Å². The predicted molar refractivity (Wildman–Crippen MR) is 82.8 cm³/mol. The Morgan fingerprint density at radius 3 is 2.19 bits per heavy atom. The van der Waals surface area contributed by atoms with Gasteiger partial charge in [0.15, 0.2) is 0 Å². The molecule has 4 nitrogen and oxygen atoms in total. The number of carbonyl (C=O) groups is 2. The van der Waals surface area contributed by atoms with Crippen LogP contribution in [0, 0.1) is 0 Å². The van der Waals surface area contributed by atoms with E-state index in [0.717, 1.165) is 0 Å². The number of nitrogens with one attached hydrogen (secondary N) is 2. The molecule has 0 fully saturated rings. The fraction of sp³-hybridized carbons (Fsp3) is 0. The molecule has 0 saturated heterocycles. The second-order valence-electron chi connectivity index (χ2n) is 4.04. The molecule has 0 saturated carbocycles. The Balaban J connectivity index is 2.04. The molecular formula is C14H9Cl3N2O2. The average Bonchev–Trinajstić information content (AvgIpc) is 2.47. The molecule has 0 unspecified atom stereocenters. The highest BCUT2D eigenvalue weighted by atomic mass is 35.5. The van der Waals surface area contributed by atoms with Crippen molar-refractivity contribution in [2.45, 2.75) is 0 Å². The normalized spacial score (nSPS) is 10.0. The molecule has 0 aliphatic heterocycles. The average molecular weight is 344 g/mol. The van der Waals surface area contributed by atoms with Gasteiger partial charge in [-0.2, -0.15) is 0 Å². The Kier molecular flexibility index (Phi) is 5.07. The van der Waals surface area contributed by atoms with Crippen LogP contribution in [0.15, 0.2) is 42.5 Å². The van der Waals surface area contributed by atoms with Gasteiger partial charge in [0.2, 0.25) is 0 Å². The Morgan fingerprint density at radius 2 is 1.48 bits per heavy atom. The summed E-state index contributed by atoms with van der Waals surface area (Å²) in [5, 5.41) is 1.02. The minimum atomic E-state index is -0.571. The van der Waals surface area contributed by atoms with E-state index < -0.39 is 11.8 Å². The van der Waals surface area contributed by atoms with Gasteiger partial charge in [-0.25, -0.2) is 0 Å². The lowest BCUT2D eigenvalue weighted by atomic mass is 10.2. The van der Waals surface area contributed by atoms with Crippen molar-refractivity contribution in [1.29, 1.82) is 0 Å². The summed E-state index contributed by atoms with van der Waals surface area (Å²) in [6, 6.07) is 10.8. The molecule has 108 valence electrons. The first-order chi connectivity index (χ1) is 9.97. The zero-order valence-electron chi connectivity index (χ0n) is 10.5. The van der Waals surface area contributed by atoms with Crippen LogP contribution >= 0.6 is 34.8 Å². The standard InChI is InChI=1S/C14H9Cl3N2O2/c15-9-3-1-2-8(6-9)13(20)18-19-14(21)11-7-10(16)4-5-12(11)17/h1-7H,(H,18,20)(H,19,21). The second-order valence-corrected chi connectivity index (χ2v) is 5.32. The van der Waals surface area contributed by atoms with Gasteiger partial charge >= 0.3 is 0 Å². The maximum absolute atomic E-state index is 11.9. The third kappa shape index (κ3) is 4.11. The lowest BCUT2D eigenvalue weighted by Gasteiger charge is -2.09. The van der Waals surface area contributed by atoms with Gasteiger partial charge in [-0.3, -0.25) is 20.4 Å². The molecule has 2 N–H and O–H groups in total. The van der Waals surface area contributed by atoms with Crippen molar-refractivity contribution >= 4 is 46.6 Å². The number of hydrogen-bond acceptors (Lipinski definition) is 2. The summed E-state index contributed by atoms with van der Waals surface area (Å²) < 4.78 is 0. The zero-order valence-corrected chi connectivity index (χ0v) is 12.8. The van der Waals surface area contributed by atoms with Gasteiger partial charge in [0.25, 0.3) is 11.8 Å². The highest BCUT2D eigenvalue weighted by molar-refractivity contribution is 6.35. The molecule has 2 aromatic carbocycles. The zero-order chi connectivity index (χ0) is 15.4. The Labute approximate surface area is 136 Å². The van der Waals surface area contributed by atoms with Crippen molar-refractivity contribution in [3.8, 4) is 0 Å². The molecule has 7 heteroatoms. The second kappa shape index (κ2) is 6.80. The van der Waals surface area contributed by atoms with Crippen molar-refractivity contribution in [1.82, 2.24) is 10.9 Å². The van der Waals surface area contributed by atoms with E-state index in [0.29, 0.717) is 15.6 Å². The Hall–Kier alpha value is -1.75. The van der Waals surface area contributed by atoms with Gasteiger partial charge in [-0.15, -0.1) is 0 Å². The summed E-state index contributed by atoms with van der Waals surface area (Å²) in [5.41, 5.74) is 5.01. The molecule has 2 aromatic rings. The monoisotopic (exact) mass is 342 g/mol. The quantitative estimate of drug-likeness (QED) is 0.817. The van der Waals surface area contributed by atoms with Crippen LogP contribution in [0.2, 0.25) is 15.1 Å². The van der Waals surface area contributed by atoms with Gasteiger partial charge in [-0.05, 0) is 36.4 Å². The lowest BCUT2D eigenvalue weighted by Crippen LogP contribution is -2.41. The highest BCUT2D eigenvalue weighted by Crippen LogP contribution is 2.20. The van der Waals surface area contributed by atoms with Crippen LogP contribution < -0.4 is 10.9 Å². The van der Waals surface area contributed by atoms with E-state index >= 15 is 0 Å². The number of amides is 2. The topological polar surface area (TPSA) is 58.2 Å². The first kappa shape index (κ1) is 15.6. The van der Waals surface area contributed by atoms with Gasteiger partial charge in [0, 0.05) is 15.6 Å². The van der Waals surface area contributed by atoms with Crippen LogP contribution in [0.1, 0.15) is 20.7 Å². The van der Waals surface area contributed by atoms with Crippen LogP contribution in [-0.2, 0) is 0 Å². The van der Waals surface area contributed by atoms with Gasteiger partial charge < -0.3 is 0 Å². The largest absolute Gasteiger partial charge is 0.271 e. The fourth-order valence-corrected chi connectivity index (χ4v) is 2.12. The Morgan fingerprint density at radius 1 is 0.810 bits per heavy atom. The van der Waals surface area contributed by atoms with E-state index in [-0.39, 0.29) is 10.6 Å². The molecule has 0 atom stereocenters. The summed E-state index contributed by atoms with van der Waals surface area (Å²) >= 11 is 17.5. The van der Waals surface area contributed by atoms with E-state index in [1.807, 2.05) is 0 Å². The third-order valence-corrected chi connectivity index (χ3v) is 3.35. The first-order valence-electron chi connectivity index (χ1n) is 5.78. The van der Waals surface area contributed by atoms with Crippen LogP contribution in [-0.4, -0.2) is 11.8 Å². The van der Waals surface area contributed by atoms with Gasteiger partial charge in [-0.1, -0.05) is 40.9 Å². The van der Waals surface area contributed by atoms with Crippen molar-refractivity contribution in [2.24, 2.45) is 0 Å². The SMILES string of the molecule is O=C(NNC(=O)c1cc(Cl)ccc1Cl)c1cccc(Cl)c1. The molecule has 0 aromatic heterocycles. The molecule has 0 radical (unpaired) electrons. The molecule has 0 heterocycles. The number of rotatable bonds is 2. The van der Waals surface area contributed by atoms with E-state index in [1.54, 1.807) is 24.3 Å². The van der Waals surface area contributed by atoms with Crippen LogP contribution in [0.3, 0.4) is 0 Å². The molecule has 0 spiro atoms. The maximum atomic E-state index is 11.9. The Bertz CT molecular complexity index is 704. The smallest absolute Gasteiger partial charge is 0.267 e.